The van der Waals surface area contributed by atoms with Gasteiger partial charge in [0.05, 0.1) is 12.3 Å². The number of aliphatic carboxylic acids is 1. The Kier molecular flexibility index (Phi) is 4.42. The molecule has 18 heavy (non-hydrogen) atoms. The lowest BCUT2D eigenvalue weighted by atomic mass is 10.0. The highest BCUT2D eigenvalue weighted by molar-refractivity contribution is 5.75. The standard InChI is InChI=1S/C10H15F3N2O3/c1-6-7(10(11,12)13)3-5-15(6)9(18)14-4-2-8(16)17/h6-7H,2-5H2,1H3,(H,14,18)(H,16,17). The second-order valence-electron chi connectivity index (χ2n) is 4.25. The maximum atomic E-state index is 12.6. The van der Waals surface area contributed by atoms with E-state index in [1.165, 1.54) is 6.92 Å². The summed E-state index contributed by atoms with van der Waals surface area (Å²) in [5, 5.41) is 10.7. The zero-order valence-electron chi connectivity index (χ0n) is 9.83. The maximum Gasteiger partial charge on any atom is 0.393 e. The van der Waals surface area contributed by atoms with Crippen molar-refractivity contribution in [1.82, 2.24) is 10.2 Å². The number of hydrogen-bond donors (Lipinski definition) is 2. The summed E-state index contributed by atoms with van der Waals surface area (Å²) in [6, 6.07) is -1.56. The molecule has 0 aromatic rings. The van der Waals surface area contributed by atoms with E-state index in [1.54, 1.807) is 0 Å². The van der Waals surface area contributed by atoms with Gasteiger partial charge in [-0.2, -0.15) is 13.2 Å². The van der Waals surface area contributed by atoms with E-state index in [0.717, 1.165) is 4.90 Å². The topological polar surface area (TPSA) is 69.6 Å². The molecule has 1 aliphatic heterocycles. The molecule has 1 heterocycles. The zero-order chi connectivity index (χ0) is 13.9. The van der Waals surface area contributed by atoms with Crippen LogP contribution in [0.25, 0.3) is 0 Å². The van der Waals surface area contributed by atoms with Gasteiger partial charge in [-0.05, 0) is 13.3 Å². The number of halogens is 3. The monoisotopic (exact) mass is 268 g/mol. The zero-order valence-corrected chi connectivity index (χ0v) is 9.83. The van der Waals surface area contributed by atoms with Crippen LogP contribution < -0.4 is 5.32 Å². The van der Waals surface area contributed by atoms with Crippen molar-refractivity contribution in [3.05, 3.63) is 0 Å². The molecule has 2 unspecified atom stereocenters. The van der Waals surface area contributed by atoms with Gasteiger partial charge in [-0.15, -0.1) is 0 Å². The fourth-order valence-electron chi connectivity index (χ4n) is 2.04. The Morgan fingerprint density at radius 3 is 2.50 bits per heavy atom. The molecule has 0 aromatic heterocycles. The van der Waals surface area contributed by atoms with Crippen molar-refractivity contribution < 1.29 is 27.9 Å². The molecule has 1 fully saturated rings. The number of carbonyl (C=O) groups excluding carboxylic acids is 1. The van der Waals surface area contributed by atoms with Gasteiger partial charge in [-0.1, -0.05) is 0 Å². The summed E-state index contributed by atoms with van der Waals surface area (Å²) < 4.78 is 37.7. The van der Waals surface area contributed by atoms with Gasteiger partial charge in [-0.25, -0.2) is 4.79 Å². The van der Waals surface area contributed by atoms with Crippen LogP contribution in [0.1, 0.15) is 19.8 Å². The van der Waals surface area contributed by atoms with Crippen LogP contribution in [0.15, 0.2) is 0 Å². The number of carboxylic acids is 1. The molecule has 0 aliphatic carbocycles. The molecule has 2 N–H and O–H groups in total. The van der Waals surface area contributed by atoms with Crippen molar-refractivity contribution >= 4 is 12.0 Å². The molecule has 2 amide bonds. The van der Waals surface area contributed by atoms with E-state index in [1.807, 2.05) is 0 Å². The normalized spacial score (nSPS) is 24.1. The second-order valence-corrected chi connectivity index (χ2v) is 4.25. The Bertz CT molecular complexity index is 333. The van der Waals surface area contributed by atoms with Crippen molar-refractivity contribution in [2.24, 2.45) is 5.92 Å². The number of carboxylic acid groups (broad SMARTS) is 1. The van der Waals surface area contributed by atoms with Gasteiger partial charge < -0.3 is 15.3 Å². The summed E-state index contributed by atoms with van der Waals surface area (Å²) in [7, 11) is 0. The van der Waals surface area contributed by atoms with Gasteiger partial charge in [-0.3, -0.25) is 4.79 Å². The number of rotatable bonds is 3. The first-order valence-corrected chi connectivity index (χ1v) is 5.56. The number of nitrogens with one attached hydrogen (secondary N) is 1. The Morgan fingerprint density at radius 1 is 1.44 bits per heavy atom. The predicted molar refractivity (Wildman–Crippen MR) is 56.0 cm³/mol. The maximum absolute atomic E-state index is 12.6. The summed E-state index contributed by atoms with van der Waals surface area (Å²) in [6.07, 6.45) is -4.68. The fourth-order valence-corrected chi connectivity index (χ4v) is 2.04. The van der Waals surface area contributed by atoms with Crippen LogP contribution in [0.2, 0.25) is 0 Å². The molecular weight excluding hydrogens is 253 g/mol. The van der Waals surface area contributed by atoms with E-state index >= 15 is 0 Å². The van der Waals surface area contributed by atoms with E-state index in [2.05, 4.69) is 5.32 Å². The molecule has 0 spiro atoms. The van der Waals surface area contributed by atoms with Gasteiger partial charge >= 0.3 is 18.2 Å². The third-order valence-corrected chi connectivity index (χ3v) is 3.05. The Labute approximate surface area is 102 Å². The Hall–Kier alpha value is -1.47. The molecule has 8 heteroatoms. The SMILES string of the molecule is CC1C(C(F)(F)F)CCN1C(=O)NCCC(=O)O. The largest absolute Gasteiger partial charge is 0.481 e. The molecule has 0 saturated carbocycles. The second kappa shape index (κ2) is 5.45. The van der Waals surface area contributed by atoms with Crippen LogP contribution in [0.5, 0.6) is 0 Å². The molecule has 104 valence electrons. The third kappa shape index (κ3) is 3.51. The van der Waals surface area contributed by atoms with Gasteiger partial charge in [0, 0.05) is 19.1 Å². The van der Waals surface area contributed by atoms with Crippen molar-refractivity contribution in [1.29, 1.82) is 0 Å². The average molecular weight is 268 g/mol. The summed E-state index contributed by atoms with van der Waals surface area (Å²) in [4.78, 5) is 22.9. The summed E-state index contributed by atoms with van der Waals surface area (Å²) in [5.74, 6) is -2.58. The summed E-state index contributed by atoms with van der Waals surface area (Å²) in [5.41, 5.74) is 0. The van der Waals surface area contributed by atoms with Crippen LogP contribution in [0.4, 0.5) is 18.0 Å². The molecule has 1 saturated heterocycles. The molecule has 0 aromatic carbocycles. The van der Waals surface area contributed by atoms with E-state index in [-0.39, 0.29) is 25.9 Å². The van der Waals surface area contributed by atoms with Crippen molar-refractivity contribution in [3.8, 4) is 0 Å². The van der Waals surface area contributed by atoms with Crippen LogP contribution in [0, 0.1) is 5.92 Å². The highest BCUT2D eigenvalue weighted by Gasteiger charge is 2.49. The number of hydrogen-bond acceptors (Lipinski definition) is 2. The van der Waals surface area contributed by atoms with Crippen LogP contribution >= 0.6 is 0 Å². The van der Waals surface area contributed by atoms with E-state index in [9.17, 15) is 22.8 Å². The van der Waals surface area contributed by atoms with Gasteiger partial charge in [0.25, 0.3) is 0 Å². The lowest BCUT2D eigenvalue weighted by Crippen LogP contribution is -2.45. The predicted octanol–water partition coefficient (Wildman–Crippen LogP) is 1.44. The molecule has 1 rings (SSSR count). The van der Waals surface area contributed by atoms with E-state index < -0.39 is 30.1 Å². The van der Waals surface area contributed by atoms with Crippen LogP contribution in [-0.2, 0) is 4.79 Å². The van der Waals surface area contributed by atoms with E-state index in [4.69, 9.17) is 5.11 Å². The summed E-state index contributed by atoms with van der Waals surface area (Å²) in [6.45, 7) is 1.29. The number of urea groups is 1. The lowest BCUT2D eigenvalue weighted by molar-refractivity contribution is -0.177. The summed E-state index contributed by atoms with van der Waals surface area (Å²) >= 11 is 0. The first-order valence-electron chi connectivity index (χ1n) is 5.56. The average Bonchev–Trinajstić information content (AvgIpc) is 2.58. The van der Waals surface area contributed by atoms with Crippen LogP contribution in [0.3, 0.4) is 0 Å². The first-order chi connectivity index (χ1) is 8.23. The van der Waals surface area contributed by atoms with Crippen molar-refractivity contribution in [2.45, 2.75) is 32.0 Å². The molecule has 0 bridgehead atoms. The quantitative estimate of drug-likeness (QED) is 0.813. The number of nitrogens with zero attached hydrogens (tertiary/aromatic N) is 1. The minimum atomic E-state index is -4.31. The molecule has 1 aliphatic rings. The third-order valence-electron chi connectivity index (χ3n) is 3.05. The Balaban J connectivity index is 2.48. The van der Waals surface area contributed by atoms with Gasteiger partial charge in [0.15, 0.2) is 0 Å². The number of alkyl halides is 3. The van der Waals surface area contributed by atoms with Gasteiger partial charge in [0.1, 0.15) is 0 Å². The number of likely N-dealkylation sites (tertiary alicyclic amines) is 1. The molecule has 0 radical (unpaired) electrons. The molecule has 2 atom stereocenters. The minimum Gasteiger partial charge on any atom is -0.481 e. The van der Waals surface area contributed by atoms with Crippen molar-refractivity contribution in [3.63, 3.8) is 0 Å². The van der Waals surface area contributed by atoms with E-state index in [0.29, 0.717) is 0 Å². The minimum absolute atomic E-state index is 0.0320. The Morgan fingerprint density at radius 2 is 2.06 bits per heavy atom. The number of amides is 2. The van der Waals surface area contributed by atoms with Crippen LogP contribution in [-0.4, -0.2) is 47.3 Å². The first kappa shape index (κ1) is 14.6. The number of carbonyl (C=O) groups is 2. The smallest absolute Gasteiger partial charge is 0.393 e. The molecule has 5 nitrogen and oxygen atoms in total. The fraction of sp³-hybridized carbons (Fsp3) is 0.800. The molecular formula is C10H15F3N2O3. The highest BCUT2D eigenvalue weighted by Crippen LogP contribution is 2.37. The highest BCUT2D eigenvalue weighted by atomic mass is 19.4. The van der Waals surface area contributed by atoms with Gasteiger partial charge in [0.2, 0.25) is 0 Å². The van der Waals surface area contributed by atoms with Crippen molar-refractivity contribution in [2.75, 3.05) is 13.1 Å². The lowest BCUT2D eigenvalue weighted by Gasteiger charge is -2.26.